The third-order valence-corrected chi connectivity index (χ3v) is 2.18. The first kappa shape index (κ1) is 8.30. The van der Waals surface area contributed by atoms with Gasteiger partial charge in [-0.3, -0.25) is 0 Å². The van der Waals surface area contributed by atoms with E-state index in [1.165, 1.54) is 6.07 Å². The molecule has 1 aromatic carbocycles. The highest BCUT2D eigenvalue weighted by atomic mass is 19.1. The van der Waals surface area contributed by atoms with Crippen molar-refractivity contribution < 1.29 is 4.39 Å². The zero-order valence-electron chi connectivity index (χ0n) is 7.31. The maximum absolute atomic E-state index is 12.9. The summed E-state index contributed by atoms with van der Waals surface area (Å²) in [6, 6.07) is 4.79. The molecule has 1 N–H and O–H groups in total. The molecule has 0 spiro atoms. The Labute approximate surface area is 76.6 Å². The van der Waals surface area contributed by atoms with E-state index in [-0.39, 0.29) is 5.82 Å². The van der Waals surface area contributed by atoms with Crippen LogP contribution in [0.4, 0.5) is 4.39 Å². The molecule has 1 nitrogen and oxygen atoms in total. The number of H-pyrrole nitrogens is 1. The second-order valence-corrected chi connectivity index (χ2v) is 3.11. The normalized spacial score (nSPS) is 10.9. The van der Waals surface area contributed by atoms with E-state index in [1.807, 2.05) is 6.20 Å². The number of fused-ring (bicyclic) bond motifs is 1. The monoisotopic (exact) mass is 176 g/mol. The van der Waals surface area contributed by atoms with Gasteiger partial charge in [0.15, 0.2) is 0 Å². The summed E-state index contributed by atoms with van der Waals surface area (Å²) in [7, 11) is 0. The lowest BCUT2D eigenvalue weighted by molar-refractivity contribution is 0.629. The van der Waals surface area contributed by atoms with Gasteiger partial charge in [0.05, 0.1) is 0 Å². The number of hydrogen-bond acceptors (Lipinski definition) is 0. The van der Waals surface area contributed by atoms with Crippen molar-refractivity contribution in [2.45, 2.75) is 12.8 Å². The smallest absolute Gasteiger partial charge is 0.123 e. The van der Waals surface area contributed by atoms with Crippen molar-refractivity contribution in [2.75, 3.05) is 0 Å². The third-order valence-electron chi connectivity index (χ3n) is 2.18. The molecule has 0 atom stereocenters. The Balaban J connectivity index is 2.58. The van der Waals surface area contributed by atoms with E-state index in [0.29, 0.717) is 0 Å². The van der Waals surface area contributed by atoms with E-state index in [2.05, 4.69) is 11.9 Å². The molecule has 0 aliphatic heterocycles. The Kier molecular flexibility index (Phi) is 2.05. The maximum atomic E-state index is 12.9. The van der Waals surface area contributed by atoms with Crippen LogP contribution >= 0.6 is 0 Å². The summed E-state index contributed by atoms with van der Waals surface area (Å²) in [5.41, 5.74) is 2.13. The first-order valence-electron chi connectivity index (χ1n) is 4.36. The van der Waals surface area contributed by atoms with Crippen LogP contribution < -0.4 is 0 Å². The fraction of sp³-hybridized carbons (Fsp3) is 0.182. The van der Waals surface area contributed by atoms with Crippen LogP contribution in [0.5, 0.6) is 0 Å². The highest BCUT2D eigenvalue weighted by Gasteiger charge is 2.02. The number of aryl methyl sites for hydroxylation is 1. The summed E-state index contributed by atoms with van der Waals surface area (Å²) in [4.78, 5) is 3.11. The molecule has 0 aliphatic rings. The van der Waals surface area contributed by atoms with Crippen LogP contribution in [-0.4, -0.2) is 4.98 Å². The summed E-state index contributed by atoms with van der Waals surface area (Å²) in [6.07, 6.45) is 3.65. The minimum Gasteiger partial charge on any atom is -0.361 e. The summed E-state index contributed by atoms with van der Waals surface area (Å²) in [6.45, 7) is 3.78. The molecule has 0 unspecified atom stereocenters. The molecule has 2 aromatic rings. The highest BCUT2D eigenvalue weighted by Crippen LogP contribution is 2.20. The quantitative estimate of drug-likeness (QED) is 0.723. The van der Waals surface area contributed by atoms with Gasteiger partial charge in [0, 0.05) is 17.1 Å². The summed E-state index contributed by atoms with van der Waals surface area (Å²) >= 11 is 0. The van der Waals surface area contributed by atoms with Gasteiger partial charge in [-0.2, -0.15) is 0 Å². The third kappa shape index (κ3) is 1.44. The van der Waals surface area contributed by atoms with Crippen LogP contribution in [0.1, 0.15) is 12.0 Å². The topological polar surface area (TPSA) is 15.8 Å². The first-order valence-corrected chi connectivity index (χ1v) is 4.36. The minimum absolute atomic E-state index is 0.183. The molecule has 1 heterocycles. The zero-order valence-corrected chi connectivity index (χ0v) is 7.31. The minimum atomic E-state index is -0.183. The molecular formula is C11H11FN. The Morgan fingerprint density at radius 3 is 3.00 bits per heavy atom. The first-order chi connectivity index (χ1) is 6.31. The number of aromatic nitrogens is 1. The molecule has 0 aliphatic carbocycles. The fourth-order valence-electron chi connectivity index (χ4n) is 1.55. The second-order valence-electron chi connectivity index (χ2n) is 3.11. The van der Waals surface area contributed by atoms with Gasteiger partial charge in [-0.15, -0.1) is 0 Å². The Bertz CT molecular complexity index is 417. The molecule has 0 amide bonds. The summed E-state index contributed by atoms with van der Waals surface area (Å²) in [5.74, 6) is -0.183. The van der Waals surface area contributed by atoms with Gasteiger partial charge >= 0.3 is 0 Å². The van der Waals surface area contributed by atoms with E-state index in [0.717, 1.165) is 29.3 Å². The molecule has 67 valence electrons. The van der Waals surface area contributed by atoms with Crippen molar-refractivity contribution in [1.29, 1.82) is 0 Å². The molecule has 1 radical (unpaired) electrons. The lowest BCUT2D eigenvalue weighted by Gasteiger charge is -1.95. The second kappa shape index (κ2) is 3.21. The molecule has 0 bridgehead atoms. The van der Waals surface area contributed by atoms with Gasteiger partial charge in [0.1, 0.15) is 5.82 Å². The van der Waals surface area contributed by atoms with Crippen molar-refractivity contribution in [3.05, 3.63) is 42.7 Å². The van der Waals surface area contributed by atoms with Gasteiger partial charge in [-0.1, -0.05) is 6.92 Å². The van der Waals surface area contributed by atoms with Crippen LogP contribution in [0.3, 0.4) is 0 Å². The van der Waals surface area contributed by atoms with E-state index in [1.54, 1.807) is 12.1 Å². The Morgan fingerprint density at radius 2 is 2.23 bits per heavy atom. The number of hydrogen-bond donors (Lipinski definition) is 1. The van der Waals surface area contributed by atoms with E-state index in [4.69, 9.17) is 0 Å². The van der Waals surface area contributed by atoms with Crippen molar-refractivity contribution >= 4 is 10.9 Å². The van der Waals surface area contributed by atoms with Crippen molar-refractivity contribution in [3.63, 3.8) is 0 Å². The van der Waals surface area contributed by atoms with Crippen LogP contribution in [0.15, 0.2) is 24.4 Å². The predicted octanol–water partition coefficient (Wildman–Crippen LogP) is 3.07. The van der Waals surface area contributed by atoms with Crippen LogP contribution in [0.2, 0.25) is 0 Å². The average Bonchev–Trinajstić information content (AvgIpc) is 2.49. The molecule has 13 heavy (non-hydrogen) atoms. The summed E-state index contributed by atoms with van der Waals surface area (Å²) in [5, 5.41) is 0.976. The van der Waals surface area contributed by atoms with Gasteiger partial charge in [-0.05, 0) is 36.6 Å². The molecular weight excluding hydrogens is 165 g/mol. The zero-order chi connectivity index (χ0) is 9.26. The van der Waals surface area contributed by atoms with Crippen LogP contribution in [0.25, 0.3) is 10.9 Å². The lowest BCUT2D eigenvalue weighted by Crippen LogP contribution is -1.80. The SMILES string of the molecule is [CH2]CCc1c[nH]c2ccc(F)cc12. The largest absolute Gasteiger partial charge is 0.361 e. The van der Waals surface area contributed by atoms with E-state index in [9.17, 15) is 4.39 Å². The Morgan fingerprint density at radius 1 is 1.38 bits per heavy atom. The van der Waals surface area contributed by atoms with E-state index < -0.39 is 0 Å². The van der Waals surface area contributed by atoms with Crippen molar-refractivity contribution in [3.8, 4) is 0 Å². The van der Waals surface area contributed by atoms with Gasteiger partial charge < -0.3 is 4.98 Å². The van der Waals surface area contributed by atoms with Gasteiger partial charge in [-0.25, -0.2) is 4.39 Å². The standard InChI is InChI=1S/C11H11FN/c1-2-3-8-7-13-11-5-4-9(12)6-10(8)11/h4-7,13H,1-3H2. The number of halogens is 1. The molecule has 0 saturated heterocycles. The number of aromatic amines is 1. The van der Waals surface area contributed by atoms with Crippen LogP contribution in [-0.2, 0) is 6.42 Å². The van der Waals surface area contributed by atoms with Crippen LogP contribution in [0, 0.1) is 12.7 Å². The highest BCUT2D eigenvalue weighted by molar-refractivity contribution is 5.83. The molecule has 2 rings (SSSR count). The predicted molar refractivity (Wildman–Crippen MR) is 51.9 cm³/mol. The summed E-state index contributed by atoms with van der Waals surface area (Å²) < 4.78 is 12.9. The number of rotatable bonds is 2. The average molecular weight is 176 g/mol. The lowest BCUT2D eigenvalue weighted by atomic mass is 10.1. The Hall–Kier alpha value is -1.31. The van der Waals surface area contributed by atoms with E-state index >= 15 is 0 Å². The molecule has 2 heteroatoms. The van der Waals surface area contributed by atoms with Gasteiger partial charge in [0.25, 0.3) is 0 Å². The van der Waals surface area contributed by atoms with Crippen molar-refractivity contribution in [1.82, 2.24) is 4.98 Å². The number of benzene rings is 1. The van der Waals surface area contributed by atoms with Gasteiger partial charge in [0.2, 0.25) is 0 Å². The molecule has 0 fully saturated rings. The molecule has 1 aromatic heterocycles. The maximum Gasteiger partial charge on any atom is 0.123 e. The fourth-order valence-corrected chi connectivity index (χ4v) is 1.55. The molecule has 0 saturated carbocycles. The van der Waals surface area contributed by atoms with Crippen molar-refractivity contribution in [2.24, 2.45) is 0 Å². The number of nitrogens with one attached hydrogen (secondary N) is 1.